The Morgan fingerprint density at radius 1 is 1.33 bits per heavy atom. The van der Waals surface area contributed by atoms with Crippen molar-refractivity contribution in [1.82, 2.24) is 5.32 Å². The molecule has 1 N–H and O–H groups in total. The number of terminal acetylenes is 1. The number of hydrogen-bond donors (Lipinski definition) is 1. The first-order chi connectivity index (χ1) is 8.60. The summed E-state index contributed by atoms with van der Waals surface area (Å²) in [6.45, 7) is 4.46. The monoisotopic (exact) mass is 251 g/mol. The van der Waals surface area contributed by atoms with Gasteiger partial charge in [-0.2, -0.15) is 0 Å². The van der Waals surface area contributed by atoms with E-state index >= 15 is 0 Å². The summed E-state index contributed by atoms with van der Waals surface area (Å²) in [5, 5.41) is 3.25. The van der Waals surface area contributed by atoms with Crippen molar-refractivity contribution in [3.05, 3.63) is 34.9 Å². The molecule has 0 aliphatic rings. The van der Waals surface area contributed by atoms with Crippen molar-refractivity contribution in [2.24, 2.45) is 0 Å². The lowest BCUT2D eigenvalue weighted by atomic mass is 9.99. The van der Waals surface area contributed by atoms with Gasteiger partial charge in [-0.15, -0.1) is 12.3 Å². The van der Waals surface area contributed by atoms with Crippen LogP contribution in [0, 0.1) is 30.9 Å². The van der Waals surface area contributed by atoms with E-state index in [1.807, 2.05) is 6.92 Å². The normalized spacial score (nSPS) is 12.2. The second-order valence-electron chi connectivity index (χ2n) is 4.37. The average molecular weight is 251 g/mol. The van der Waals surface area contributed by atoms with Gasteiger partial charge in [-0.25, -0.2) is 8.78 Å². The van der Waals surface area contributed by atoms with Crippen LogP contribution >= 0.6 is 0 Å². The second kappa shape index (κ2) is 7.13. The van der Waals surface area contributed by atoms with Crippen LogP contribution in [0.5, 0.6) is 0 Å². The van der Waals surface area contributed by atoms with Gasteiger partial charge in [0.25, 0.3) is 0 Å². The van der Waals surface area contributed by atoms with Crippen molar-refractivity contribution < 1.29 is 8.78 Å². The SMILES string of the molecule is C#CCCC(NCCC)c1cc(C)c(F)cc1F. The Balaban J connectivity index is 2.96. The Morgan fingerprint density at radius 3 is 2.67 bits per heavy atom. The molecule has 1 nitrogen and oxygen atoms in total. The highest BCUT2D eigenvalue weighted by Gasteiger charge is 2.16. The van der Waals surface area contributed by atoms with E-state index in [4.69, 9.17) is 6.42 Å². The van der Waals surface area contributed by atoms with Gasteiger partial charge < -0.3 is 5.32 Å². The Bertz CT molecular complexity index is 435. The molecule has 0 spiro atoms. The van der Waals surface area contributed by atoms with Crippen molar-refractivity contribution in [3.8, 4) is 12.3 Å². The molecule has 0 aliphatic carbocycles. The summed E-state index contributed by atoms with van der Waals surface area (Å²) in [5.41, 5.74) is 0.952. The lowest BCUT2D eigenvalue weighted by Crippen LogP contribution is -2.23. The van der Waals surface area contributed by atoms with E-state index in [0.29, 0.717) is 24.0 Å². The maximum absolute atomic E-state index is 13.8. The molecule has 0 amide bonds. The topological polar surface area (TPSA) is 12.0 Å². The highest BCUT2D eigenvalue weighted by molar-refractivity contribution is 5.28. The largest absolute Gasteiger partial charge is 0.310 e. The summed E-state index contributed by atoms with van der Waals surface area (Å²) in [7, 11) is 0. The van der Waals surface area contributed by atoms with Crippen LogP contribution in [0.4, 0.5) is 8.78 Å². The molecule has 0 fully saturated rings. The van der Waals surface area contributed by atoms with Crippen molar-refractivity contribution in [3.63, 3.8) is 0 Å². The summed E-state index contributed by atoms with van der Waals surface area (Å²) < 4.78 is 27.0. The van der Waals surface area contributed by atoms with Gasteiger partial charge in [0, 0.05) is 24.1 Å². The third kappa shape index (κ3) is 3.82. The van der Waals surface area contributed by atoms with E-state index in [1.54, 1.807) is 13.0 Å². The van der Waals surface area contributed by atoms with Crippen molar-refractivity contribution in [2.75, 3.05) is 6.54 Å². The second-order valence-corrected chi connectivity index (χ2v) is 4.37. The first-order valence-corrected chi connectivity index (χ1v) is 6.22. The van der Waals surface area contributed by atoms with E-state index in [-0.39, 0.29) is 6.04 Å². The van der Waals surface area contributed by atoms with E-state index in [0.717, 1.165) is 19.0 Å². The fourth-order valence-electron chi connectivity index (χ4n) is 1.86. The number of nitrogens with one attached hydrogen (secondary N) is 1. The predicted molar refractivity (Wildman–Crippen MR) is 70.2 cm³/mol. The van der Waals surface area contributed by atoms with Gasteiger partial charge in [0.15, 0.2) is 0 Å². The van der Waals surface area contributed by atoms with E-state index in [9.17, 15) is 8.78 Å². The molecule has 1 aromatic rings. The highest BCUT2D eigenvalue weighted by Crippen LogP contribution is 2.24. The predicted octanol–water partition coefficient (Wildman–Crippen LogP) is 3.73. The molecule has 0 bridgehead atoms. The summed E-state index contributed by atoms with van der Waals surface area (Å²) in [6, 6.07) is 2.36. The summed E-state index contributed by atoms with van der Waals surface area (Å²) in [4.78, 5) is 0. The molecule has 0 aromatic heterocycles. The molecular formula is C15H19F2N. The number of benzene rings is 1. The zero-order chi connectivity index (χ0) is 13.5. The Labute approximate surface area is 108 Å². The van der Waals surface area contributed by atoms with E-state index < -0.39 is 11.6 Å². The maximum Gasteiger partial charge on any atom is 0.130 e. The van der Waals surface area contributed by atoms with Crippen LogP contribution in [0.15, 0.2) is 12.1 Å². The lowest BCUT2D eigenvalue weighted by molar-refractivity contribution is 0.473. The minimum absolute atomic E-state index is 0.153. The maximum atomic E-state index is 13.8. The van der Waals surface area contributed by atoms with Crippen molar-refractivity contribution in [2.45, 2.75) is 39.2 Å². The highest BCUT2D eigenvalue weighted by atomic mass is 19.1. The number of halogens is 2. The fourth-order valence-corrected chi connectivity index (χ4v) is 1.86. The first-order valence-electron chi connectivity index (χ1n) is 6.22. The molecule has 1 rings (SSSR count). The zero-order valence-electron chi connectivity index (χ0n) is 10.9. The lowest BCUT2D eigenvalue weighted by Gasteiger charge is -2.19. The van der Waals surface area contributed by atoms with Gasteiger partial charge in [0.2, 0.25) is 0 Å². The molecule has 1 aromatic carbocycles. The van der Waals surface area contributed by atoms with Crippen LogP contribution in [-0.4, -0.2) is 6.54 Å². The van der Waals surface area contributed by atoms with Crippen LogP contribution in [0.25, 0.3) is 0 Å². The van der Waals surface area contributed by atoms with Crippen LogP contribution in [-0.2, 0) is 0 Å². The standard InChI is InChI=1S/C15H19F2N/c1-4-6-7-15(18-8-5-2)12-9-11(3)13(16)10-14(12)17/h1,9-10,15,18H,5-8H2,2-3H3. The molecule has 18 heavy (non-hydrogen) atoms. The molecule has 0 saturated carbocycles. The first kappa shape index (κ1) is 14.7. The van der Waals surface area contributed by atoms with Gasteiger partial charge in [0.05, 0.1) is 0 Å². The minimum Gasteiger partial charge on any atom is -0.310 e. The third-order valence-electron chi connectivity index (χ3n) is 2.87. The Morgan fingerprint density at radius 2 is 2.06 bits per heavy atom. The number of rotatable bonds is 6. The van der Waals surface area contributed by atoms with Crippen molar-refractivity contribution in [1.29, 1.82) is 0 Å². The van der Waals surface area contributed by atoms with Crippen LogP contribution in [0.3, 0.4) is 0 Å². The van der Waals surface area contributed by atoms with E-state index in [2.05, 4.69) is 11.2 Å². The summed E-state index contributed by atoms with van der Waals surface area (Å²) in [6.07, 6.45) is 7.41. The molecule has 1 atom stereocenters. The van der Waals surface area contributed by atoms with Gasteiger partial charge in [-0.3, -0.25) is 0 Å². The minimum atomic E-state index is -0.512. The molecule has 98 valence electrons. The molecule has 0 saturated heterocycles. The summed E-state index contributed by atoms with van der Waals surface area (Å²) >= 11 is 0. The molecule has 0 aliphatic heterocycles. The molecule has 0 radical (unpaired) electrons. The van der Waals surface area contributed by atoms with Crippen LogP contribution < -0.4 is 5.32 Å². The molecule has 1 unspecified atom stereocenters. The number of hydrogen-bond acceptors (Lipinski definition) is 1. The Kier molecular flexibility index (Phi) is 5.80. The smallest absolute Gasteiger partial charge is 0.130 e. The van der Waals surface area contributed by atoms with Gasteiger partial charge in [0.1, 0.15) is 11.6 Å². The van der Waals surface area contributed by atoms with Gasteiger partial charge in [-0.1, -0.05) is 6.92 Å². The molecular weight excluding hydrogens is 232 g/mol. The van der Waals surface area contributed by atoms with Crippen LogP contribution in [0.2, 0.25) is 0 Å². The fraction of sp³-hybridized carbons (Fsp3) is 0.467. The average Bonchev–Trinajstić information content (AvgIpc) is 2.35. The van der Waals surface area contributed by atoms with Crippen LogP contribution in [0.1, 0.15) is 43.4 Å². The van der Waals surface area contributed by atoms with Gasteiger partial charge >= 0.3 is 0 Å². The number of aryl methyl sites for hydroxylation is 1. The molecule has 3 heteroatoms. The zero-order valence-corrected chi connectivity index (χ0v) is 10.9. The molecule has 0 heterocycles. The van der Waals surface area contributed by atoms with E-state index in [1.165, 1.54) is 0 Å². The summed E-state index contributed by atoms with van der Waals surface area (Å²) in [5.74, 6) is 1.53. The van der Waals surface area contributed by atoms with Crippen molar-refractivity contribution >= 4 is 0 Å². The Hall–Kier alpha value is -1.40. The quantitative estimate of drug-likeness (QED) is 0.760. The third-order valence-corrected chi connectivity index (χ3v) is 2.87. The van der Waals surface area contributed by atoms with Gasteiger partial charge in [-0.05, 0) is 37.9 Å².